The number of hydrogen-bond acceptors (Lipinski definition) is 5. The summed E-state index contributed by atoms with van der Waals surface area (Å²) in [6.07, 6.45) is 0.300. The molecule has 7 nitrogen and oxygen atoms in total. The lowest BCUT2D eigenvalue weighted by atomic mass is 9.80. The summed E-state index contributed by atoms with van der Waals surface area (Å²) in [7, 11) is 0. The minimum absolute atomic E-state index is 0.0263. The minimum atomic E-state index is -0.510. The Balaban J connectivity index is 1.94. The van der Waals surface area contributed by atoms with Gasteiger partial charge in [0.05, 0.1) is 13.2 Å². The van der Waals surface area contributed by atoms with E-state index in [9.17, 15) is 4.79 Å². The maximum absolute atomic E-state index is 13.2. The van der Waals surface area contributed by atoms with Gasteiger partial charge in [-0.25, -0.2) is 4.98 Å². The number of rotatable bonds is 5. The molecule has 0 N–H and O–H groups in total. The zero-order valence-corrected chi connectivity index (χ0v) is 21.0. The number of amides is 1. The van der Waals surface area contributed by atoms with Crippen LogP contribution in [0.25, 0.3) is 17.1 Å². The Labute approximate surface area is 195 Å². The van der Waals surface area contributed by atoms with E-state index in [2.05, 4.69) is 45.1 Å². The molecule has 33 heavy (non-hydrogen) atoms. The average molecular weight is 454 g/mol. The highest BCUT2D eigenvalue weighted by atomic mass is 16.7. The van der Waals surface area contributed by atoms with E-state index in [0.29, 0.717) is 30.4 Å². The van der Waals surface area contributed by atoms with Gasteiger partial charge in [0, 0.05) is 18.2 Å². The van der Waals surface area contributed by atoms with Crippen LogP contribution in [0.2, 0.25) is 0 Å². The fourth-order valence-electron chi connectivity index (χ4n) is 5.25. The number of fused-ring (bicyclic) bond motifs is 1. The van der Waals surface area contributed by atoms with Gasteiger partial charge in [-0.05, 0) is 69.4 Å². The summed E-state index contributed by atoms with van der Waals surface area (Å²) in [5, 5.41) is 0. The van der Waals surface area contributed by atoms with E-state index in [1.807, 2.05) is 36.9 Å². The van der Waals surface area contributed by atoms with E-state index < -0.39 is 11.8 Å². The number of anilines is 1. The van der Waals surface area contributed by atoms with E-state index in [4.69, 9.17) is 18.9 Å². The van der Waals surface area contributed by atoms with Crippen LogP contribution in [0, 0.1) is 19.3 Å². The third kappa shape index (κ3) is 4.57. The summed E-state index contributed by atoms with van der Waals surface area (Å²) < 4.78 is 19.4. The van der Waals surface area contributed by atoms with Crippen LogP contribution in [-0.2, 0) is 14.3 Å². The molecule has 0 radical (unpaired) electrons. The fourth-order valence-corrected chi connectivity index (χ4v) is 5.25. The molecule has 4 heterocycles. The van der Waals surface area contributed by atoms with Crippen LogP contribution in [0.3, 0.4) is 0 Å². The van der Waals surface area contributed by atoms with Crippen molar-refractivity contribution < 1.29 is 18.7 Å². The number of aromatic nitrogens is 2. The van der Waals surface area contributed by atoms with Gasteiger partial charge in [0.15, 0.2) is 17.3 Å². The van der Waals surface area contributed by atoms with Gasteiger partial charge in [-0.15, -0.1) is 0 Å². The molecule has 0 spiro atoms. The Hall–Kier alpha value is -2.64. The molecule has 4 rings (SSSR count). The lowest BCUT2D eigenvalue weighted by molar-refractivity contribution is -0.117. The van der Waals surface area contributed by atoms with Crippen LogP contribution < -0.4 is 4.90 Å². The zero-order valence-electron chi connectivity index (χ0n) is 21.0. The normalized spacial score (nSPS) is 15.5. The standard InChI is InChI=1S/C26H35N3O4/c1-16-13-17(2)28-21(14-16)27-22(19-9-10-20(33-19)24-31-11-12-32-24)23(28)29(18(3)30)26(7,8)15-25(4,5)6/h9-10,13-14,24H,11-12,15H2,1-8H3. The van der Waals surface area contributed by atoms with Gasteiger partial charge in [-0.3, -0.25) is 14.1 Å². The number of ether oxygens (including phenoxy) is 2. The Morgan fingerprint density at radius 3 is 2.39 bits per heavy atom. The number of aryl methyl sites for hydroxylation is 2. The van der Waals surface area contributed by atoms with E-state index in [0.717, 1.165) is 29.1 Å². The molecule has 3 aromatic heterocycles. The second-order valence-corrected chi connectivity index (χ2v) is 10.8. The molecule has 1 saturated heterocycles. The van der Waals surface area contributed by atoms with Crippen LogP contribution in [0.4, 0.5) is 5.82 Å². The smallest absolute Gasteiger partial charge is 0.225 e. The third-order valence-electron chi connectivity index (χ3n) is 5.83. The van der Waals surface area contributed by atoms with Crippen molar-refractivity contribution in [1.29, 1.82) is 0 Å². The largest absolute Gasteiger partial charge is 0.454 e. The number of nitrogens with zero attached hydrogens (tertiary/aromatic N) is 3. The molecule has 1 fully saturated rings. The van der Waals surface area contributed by atoms with E-state index in [1.54, 1.807) is 6.92 Å². The molecule has 0 aliphatic carbocycles. The number of furan rings is 1. The summed E-state index contributed by atoms with van der Waals surface area (Å²) in [6, 6.07) is 7.87. The third-order valence-corrected chi connectivity index (χ3v) is 5.83. The predicted octanol–water partition coefficient (Wildman–Crippen LogP) is 5.82. The van der Waals surface area contributed by atoms with Crippen LogP contribution in [0.1, 0.15) is 71.3 Å². The molecular weight excluding hydrogens is 418 g/mol. The van der Waals surface area contributed by atoms with E-state index in [1.165, 1.54) is 0 Å². The van der Waals surface area contributed by atoms with Crippen molar-refractivity contribution in [3.63, 3.8) is 0 Å². The van der Waals surface area contributed by atoms with Crippen molar-refractivity contribution in [3.8, 4) is 11.5 Å². The topological polar surface area (TPSA) is 69.2 Å². The number of imidazole rings is 1. The number of carbonyl (C=O) groups is 1. The second kappa shape index (κ2) is 8.29. The molecule has 1 aliphatic rings. The van der Waals surface area contributed by atoms with Crippen molar-refractivity contribution in [3.05, 3.63) is 41.3 Å². The van der Waals surface area contributed by atoms with Crippen LogP contribution >= 0.6 is 0 Å². The summed E-state index contributed by atoms with van der Waals surface area (Å²) in [4.78, 5) is 20.0. The van der Waals surface area contributed by atoms with Gasteiger partial charge in [0.1, 0.15) is 11.3 Å². The van der Waals surface area contributed by atoms with Crippen LogP contribution in [0.5, 0.6) is 0 Å². The van der Waals surface area contributed by atoms with Crippen LogP contribution in [-0.4, -0.2) is 34.0 Å². The molecule has 1 aliphatic heterocycles. The minimum Gasteiger partial charge on any atom is -0.454 e. The Kier molecular flexibility index (Phi) is 5.91. The van der Waals surface area contributed by atoms with Gasteiger partial charge < -0.3 is 13.9 Å². The molecule has 1 amide bonds. The van der Waals surface area contributed by atoms with E-state index in [-0.39, 0.29) is 11.3 Å². The number of pyridine rings is 1. The summed E-state index contributed by atoms with van der Waals surface area (Å²) in [5.41, 5.74) is 3.09. The van der Waals surface area contributed by atoms with Crippen LogP contribution in [0.15, 0.2) is 28.7 Å². The maximum Gasteiger partial charge on any atom is 0.225 e. The molecule has 0 unspecified atom stereocenters. The van der Waals surface area contributed by atoms with Gasteiger partial charge in [-0.1, -0.05) is 20.8 Å². The molecule has 178 valence electrons. The quantitative estimate of drug-likeness (QED) is 0.487. The van der Waals surface area contributed by atoms with Gasteiger partial charge in [0.2, 0.25) is 12.2 Å². The molecular formula is C26H35N3O4. The lowest BCUT2D eigenvalue weighted by Gasteiger charge is -2.41. The lowest BCUT2D eigenvalue weighted by Crippen LogP contribution is -2.50. The Bertz CT molecular complexity index is 1180. The van der Waals surface area contributed by atoms with Gasteiger partial charge in [-0.2, -0.15) is 0 Å². The highest BCUT2D eigenvalue weighted by molar-refractivity contribution is 5.96. The molecule has 3 aromatic rings. The first-order chi connectivity index (χ1) is 15.4. The molecule has 0 aromatic carbocycles. The maximum atomic E-state index is 13.2. The molecule has 0 saturated carbocycles. The van der Waals surface area contributed by atoms with Crippen molar-refractivity contribution >= 4 is 17.4 Å². The summed E-state index contributed by atoms with van der Waals surface area (Å²) >= 11 is 0. The first-order valence-corrected chi connectivity index (χ1v) is 11.5. The molecule has 0 atom stereocenters. The Morgan fingerprint density at radius 1 is 1.12 bits per heavy atom. The monoisotopic (exact) mass is 453 g/mol. The summed E-state index contributed by atoms with van der Waals surface area (Å²) in [6.45, 7) is 17.6. The number of carbonyl (C=O) groups excluding carboxylic acids is 1. The van der Waals surface area contributed by atoms with Gasteiger partial charge >= 0.3 is 0 Å². The van der Waals surface area contributed by atoms with Crippen molar-refractivity contribution in [2.45, 2.75) is 73.6 Å². The first kappa shape index (κ1) is 23.5. The van der Waals surface area contributed by atoms with E-state index >= 15 is 0 Å². The summed E-state index contributed by atoms with van der Waals surface area (Å²) in [5.74, 6) is 1.86. The molecule has 0 bridgehead atoms. The average Bonchev–Trinajstić information content (AvgIpc) is 3.38. The SMILES string of the molecule is CC(=O)N(c1c(-c2ccc(C3OCCO3)o2)nc2cc(C)cc(C)n12)C(C)(C)CC(C)(C)C. The Morgan fingerprint density at radius 2 is 1.79 bits per heavy atom. The van der Waals surface area contributed by atoms with Crippen molar-refractivity contribution in [2.24, 2.45) is 5.41 Å². The predicted molar refractivity (Wildman–Crippen MR) is 128 cm³/mol. The molecule has 7 heteroatoms. The second-order valence-electron chi connectivity index (χ2n) is 10.8. The highest BCUT2D eigenvalue weighted by Gasteiger charge is 2.38. The number of hydrogen-bond donors (Lipinski definition) is 0. The fraction of sp³-hybridized carbons (Fsp3) is 0.538. The first-order valence-electron chi connectivity index (χ1n) is 11.5. The van der Waals surface area contributed by atoms with Gasteiger partial charge in [0.25, 0.3) is 0 Å². The van der Waals surface area contributed by atoms with Crippen molar-refractivity contribution in [2.75, 3.05) is 18.1 Å². The zero-order chi connectivity index (χ0) is 24.1. The highest BCUT2D eigenvalue weighted by Crippen LogP contribution is 2.41. The van der Waals surface area contributed by atoms with Crippen molar-refractivity contribution in [1.82, 2.24) is 9.38 Å².